The number of hydrogen-bond donors (Lipinski definition) is 1. The zero-order chi connectivity index (χ0) is 20.0. The monoisotopic (exact) mass is 381 g/mol. The van der Waals surface area contributed by atoms with Crippen molar-refractivity contribution in [2.75, 3.05) is 20.3 Å². The van der Waals surface area contributed by atoms with Gasteiger partial charge in [0, 0.05) is 35.9 Å². The maximum atomic E-state index is 9.93. The summed E-state index contributed by atoms with van der Waals surface area (Å²) in [7, 11) is 1.74. The van der Waals surface area contributed by atoms with Crippen LogP contribution >= 0.6 is 0 Å². The summed E-state index contributed by atoms with van der Waals surface area (Å²) in [5.41, 5.74) is 1.82. The smallest absolute Gasteiger partial charge is 0.124 e. The van der Waals surface area contributed by atoms with Crippen molar-refractivity contribution < 1.29 is 14.6 Å². The molecular weight excluding hydrogens is 350 g/mol. The van der Waals surface area contributed by atoms with Crippen molar-refractivity contribution in [2.24, 2.45) is 4.99 Å². The Labute approximate surface area is 168 Å². The molecule has 0 unspecified atom stereocenters. The fraction of sp³-hybridized carbons (Fsp3) is 0.458. The molecule has 2 aromatic carbocycles. The number of para-hydroxylation sites is 2. The van der Waals surface area contributed by atoms with Crippen molar-refractivity contribution >= 4 is 6.21 Å². The zero-order valence-electron chi connectivity index (χ0n) is 17.1. The Bertz CT molecular complexity index is 819. The Morgan fingerprint density at radius 3 is 2.68 bits per heavy atom. The highest BCUT2D eigenvalue weighted by atomic mass is 16.5. The lowest BCUT2D eigenvalue weighted by Crippen LogP contribution is -2.46. The summed E-state index contributed by atoms with van der Waals surface area (Å²) in [5, 5.41) is 9.93. The van der Waals surface area contributed by atoms with Gasteiger partial charge in [-0.2, -0.15) is 0 Å². The number of methoxy groups -OCH3 is 1. The van der Waals surface area contributed by atoms with Gasteiger partial charge in [0.1, 0.15) is 11.5 Å². The molecule has 4 nitrogen and oxygen atoms in total. The summed E-state index contributed by atoms with van der Waals surface area (Å²) in [6.07, 6.45) is 5.56. The molecule has 1 saturated heterocycles. The number of phenols is 1. The second kappa shape index (κ2) is 8.78. The second-order valence-electron chi connectivity index (χ2n) is 7.90. The van der Waals surface area contributed by atoms with Crippen LogP contribution in [0.15, 0.2) is 53.5 Å². The molecule has 1 heterocycles. The molecular formula is C24H31NO3. The van der Waals surface area contributed by atoms with Crippen LogP contribution in [0.4, 0.5) is 0 Å². The highest BCUT2D eigenvalue weighted by Crippen LogP contribution is 2.48. The van der Waals surface area contributed by atoms with Crippen LogP contribution in [-0.2, 0) is 10.2 Å². The van der Waals surface area contributed by atoms with Gasteiger partial charge < -0.3 is 14.6 Å². The van der Waals surface area contributed by atoms with Gasteiger partial charge in [0.05, 0.1) is 12.7 Å². The van der Waals surface area contributed by atoms with Crippen molar-refractivity contribution in [1.82, 2.24) is 0 Å². The molecule has 3 rings (SSSR count). The van der Waals surface area contributed by atoms with Crippen LogP contribution in [0.2, 0.25) is 0 Å². The van der Waals surface area contributed by atoms with Crippen LogP contribution in [0.25, 0.3) is 0 Å². The second-order valence-corrected chi connectivity index (χ2v) is 7.90. The summed E-state index contributed by atoms with van der Waals surface area (Å²) in [5.74, 6) is 1.20. The molecule has 0 spiro atoms. The lowest BCUT2D eigenvalue weighted by atomic mass is 9.66. The quantitative estimate of drug-likeness (QED) is 0.677. The van der Waals surface area contributed by atoms with Gasteiger partial charge in [-0.25, -0.2) is 0 Å². The summed E-state index contributed by atoms with van der Waals surface area (Å²) in [4.78, 5) is 4.63. The first-order valence-electron chi connectivity index (χ1n) is 10.1. The Morgan fingerprint density at radius 1 is 1.18 bits per heavy atom. The van der Waals surface area contributed by atoms with E-state index in [0.717, 1.165) is 43.6 Å². The van der Waals surface area contributed by atoms with Gasteiger partial charge in [-0.3, -0.25) is 4.99 Å². The van der Waals surface area contributed by atoms with E-state index in [2.05, 4.69) is 31.0 Å². The molecule has 1 fully saturated rings. The number of aromatic hydroxyl groups is 1. The fourth-order valence-electron chi connectivity index (χ4n) is 4.27. The Morgan fingerprint density at radius 2 is 1.93 bits per heavy atom. The molecule has 1 aliphatic heterocycles. The highest BCUT2D eigenvalue weighted by Gasteiger charge is 2.44. The van der Waals surface area contributed by atoms with Gasteiger partial charge in [0.2, 0.25) is 0 Å². The van der Waals surface area contributed by atoms with Crippen molar-refractivity contribution in [3.05, 3.63) is 59.7 Å². The number of phenolic OH excluding ortho intramolecular Hbond substituents is 1. The molecule has 0 bridgehead atoms. The third-order valence-electron chi connectivity index (χ3n) is 6.06. The van der Waals surface area contributed by atoms with Gasteiger partial charge in [-0.1, -0.05) is 37.3 Å². The van der Waals surface area contributed by atoms with Crippen LogP contribution in [0.1, 0.15) is 50.7 Å². The molecule has 0 saturated carbocycles. The zero-order valence-corrected chi connectivity index (χ0v) is 17.1. The molecule has 0 radical (unpaired) electrons. The van der Waals surface area contributed by atoms with Gasteiger partial charge >= 0.3 is 0 Å². The van der Waals surface area contributed by atoms with E-state index >= 15 is 0 Å². The predicted molar refractivity (Wildman–Crippen MR) is 114 cm³/mol. The lowest BCUT2D eigenvalue weighted by Gasteiger charge is -2.47. The standard InChI is InChI=1S/C24H31NO3/c1-4-23(2)18-24(14-16-28-23,20-10-6-8-12-22(20)27-3)13-15-25-17-19-9-5-7-11-21(19)26/h5-12,17,26H,4,13-16,18H2,1-3H3/t23-,24+/m1/s1. The topological polar surface area (TPSA) is 51.1 Å². The molecule has 2 atom stereocenters. The minimum absolute atomic E-state index is 0.0360. The Balaban J connectivity index is 1.86. The first kappa shape index (κ1) is 20.4. The predicted octanol–water partition coefficient (Wildman–Crippen LogP) is 5.13. The van der Waals surface area contributed by atoms with Crippen LogP contribution in [0, 0.1) is 0 Å². The molecule has 1 aliphatic rings. The largest absolute Gasteiger partial charge is 0.507 e. The minimum Gasteiger partial charge on any atom is -0.507 e. The first-order chi connectivity index (χ1) is 13.5. The maximum absolute atomic E-state index is 9.93. The van der Waals surface area contributed by atoms with Gasteiger partial charge in [-0.15, -0.1) is 0 Å². The van der Waals surface area contributed by atoms with E-state index in [-0.39, 0.29) is 16.8 Å². The summed E-state index contributed by atoms with van der Waals surface area (Å²) >= 11 is 0. The van der Waals surface area contributed by atoms with Crippen molar-refractivity contribution in [3.8, 4) is 11.5 Å². The van der Waals surface area contributed by atoms with Crippen molar-refractivity contribution in [1.29, 1.82) is 0 Å². The third-order valence-corrected chi connectivity index (χ3v) is 6.06. The van der Waals surface area contributed by atoms with E-state index in [1.54, 1.807) is 19.4 Å². The van der Waals surface area contributed by atoms with Crippen LogP contribution in [0.5, 0.6) is 11.5 Å². The number of aliphatic imine (C=N–C) groups is 1. The number of ether oxygens (including phenoxy) is 2. The van der Waals surface area contributed by atoms with Crippen molar-refractivity contribution in [3.63, 3.8) is 0 Å². The lowest BCUT2D eigenvalue weighted by molar-refractivity contribution is -0.0979. The molecule has 0 aromatic heterocycles. The van der Waals surface area contributed by atoms with E-state index in [4.69, 9.17) is 9.47 Å². The maximum Gasteiger partial charge on any atom is 0.124 e. The van der Waals surface area contributed by atoms with Crippen LogP contribution in [-0.4, -0.2) is 37.2 Å². The molecule has 28 heavy (non-hydrogen) atoms. The SMILES string of the molecule is CC[C@]1(C)C[C@@](CCN=Cc2ccccc2O)(c2ccccc2OC)CCO1. The summed E-state index contributed by atoms with van der Waals surface area (Å²) in [6.45, 7) is 5.83. The van der Waals surface area contributed by atoms with Gasteiger partial charge in [0.15, 0.2) is 0 Å². The van der Waals surface area contributed by atoms with Gasteiger partial charge in [-0.05, 0) is 50.8 Å². The molecule has 150 valence electrons. The third kappa shape index (κ3) is 4.39. The first-order valence-corrected chi connectivity index (χ1v) is 10.1. The number of benzene rings is 2. The number of nitrogens with zero attached hydrogens (tertiary/aromatic N) is 1. The van der Waals surface area contributed by atoms with Crippen LogP contribution in [0.3, 0.4) is 0 Å². The normalized spacial score (nSPS) is 25.1. The summed E-state index contributed by atoms with van der Waals surface area (Å²) in [6, 6.07) is 15.6. The molecule has 0 amide bonds. The molecule has 2 aromatic rings. The van der Waals surface area contributed by atoms with E-state index in [1.807, 2.05) is 30.3 Å². The van der Waals surface area contributed by atoms with Crippen molar-refractivity contribution in [2.45, 2.75) is 50.5 Å². The fourth-order valence-corrected chi connectivity index (χ4v) is 4.27. The van der Waals surface area contributed by atoms with E-state index in [9.17, 15) is 5.11 Å². The van der Waals surface area contributed by atoms with E-state index in [0.29, 0.717) is 6.54 Å². The number of rotatable bonds is 7. The molecule has 0 aliphatic carbocycles. The highest BCUT2D eigenvalue weighted by molar-refractivity contribution is 5.83. The Kier molecular flexibility index (Phi) is 6.40. The number of hydrogen-bond acceptors (Lipinski definition) is 4. The molecule has 4 heteroatoms. The minimum atomic E-state index is -0.138. The summed E-state index contributed by atoms with van der Waals surface area (Å²) < 4.78 is 11.8. The average Bonchev–Trinajstić information content (AvgIpc) is 2.72. The van der Waals surface area contributed by atoms with E-state index in [1.165, 1.54) is 5.56 Å². The van der Waals surface area contributed by atoms with E-state index < -0.39 is 0 Å². The molecule has 1 N–H and O–H groups in total. The van der Waals surface area contributed by atoms with Crippen LogP contribution < -0.4 is 4.74 Å². The Hall–Kier alpha value is -2.33. The van der Waals surface area contributed by atoms with Gasteiger partial charge in [0.25, 0.3) is 0 Å². The average molecular weight is 382 g/mol.